The molecule has 0 fully saturated rings. The highest BCUT2D eigenvalue weighted by atomic mass is 79.9. The van der Waals surface area contributed by atoms with Crippen molar-refractivity contribution in [2.75, 3.05) is 19.8 Å². The van der Waals surface area contributed by atoms with Gasteiger partial charge in [0.2, 0.25) is 5.75 Å². The molecule has 0 unspecified atom stereocenters. The number of halogens is 1. The Morgan fingerprint density at radius 3 is 2.14 bits per heavy atom. The Balaban J connectivity index is 2.17. The summed E-state index contributed by atoms with van der Waals surface area (Å²) in [6.07, 6.45) is 3.42. The molecule has 2 aromatic carbocycles. The number of hydrogen-bond donors (Lipinski definition) is 1. The van der Waals surface area contributed by atoms with Gasteiger partial charge < -0.3 is 14.2 Å². The van der Waals surface area contributed by atoms with Crippen molar-refractivity contribution in [3.05, 3.63) is 58.1 Å². The van der Waals surface area contributed by atoms with E-state index >= 15 is 0 Å². The van der Waals surface area contributed by atoms with E-state index in [0.717, 1.165) is 10.0 Å². The second-order valence-corrected chi connectivity index (χ2v) is 6.66. The lowest BCUT2D eigenvalue weighted by atomic mass is 10.1. The Morgan fingerprint density at radius 2 is 1.59 bits per heavy atom. The minimum Gasteiger partial charge on any atom is -0.490 e. The first-order valence-electron chi connectivity index (χ1n) is 9.41. The lowest BCUT2D eigenvalue weighted by Crippen LogP contribution is -2.18. The smallest absolute Gasteiger partial charge is 0.271 e. The van der Waals surface area contributed by atoms with Gasteiger partial charge in [0.25, 0.3) is 5.91 Å². The van der Waals surface area contributed by atoms with Crippen LogP contribution in [0.15, 0.2) is 52.0 Å². The zero-order valence-electron chi connectivity index (χ0n) is 16.8. The number of rotatable bonds is 10. The summed E-state index contributed by atoms with van der Waals surface area (Å²) in [6.45, 7) is 6.94. The molecule has 29 heavy (non-hydrogen) atoms. The Labute approximate surface area is 179 Å². The van der Waals surface area contributed by atoms with Crippen LogP contribution in [0, 0.1) is 0 Å². The van der Waals surface area contributed by atoms with Crippen LogP contribution in [0.2, 0.25) is 0 Å². The number of allylic oxidation sites excluding steroid dienone is 1. The normalized spacial score (nSPS) is 11.4. The number of hydrazone groups is 1. The number of amides is 1. The van der Waals surface area contributed by atoms with Gasteiger partial charge in [-0.3, -0.25) is 4.79 Å². The third-order valence-electron chi connectivity index (χ3n) is 3.63. The first-order chi connectivity index (χ1) is 14.1. The third-order valence-corrected chi connectivity index (χ3v) is 4.06. The van der Waals surface area contributed by atoms with Crippen LogP contribution < -0.4 is 19.6 Å². The molecule has 0 atom stereocenters. The second kappa shape index (κ2) is 11.9. The predicted molar refractivity (Wildman–Crippen MR) is 119 cm³/mol. The largest absolute Gasteiger partial charge is 0.490 e. The standard InChI is InChI=1S/C22H25BrN2O4/c1-4-27-19-13-17(14-20(28-5-2)21(19)29-6-3)22(26)25-24-15-18(23)12-16-10-8-7-9-11-16/h7-15H,4-6H2,1-3H3,(H,25,26)/b18-12-,24-15-. The minimum atomic E-state index is -0.383. The number of carbonyl (C=O) groups is 1. The summed E-state index contributed by atoms with van der Waals surface area (Å²) in [5.74, 6) is 1.02. The third kappa shape index (κ3) is 6.94. The van der Waals surface area contributed by atoms with Gasteiger partial charge in [0.05, 0.1) is 26.0 Å². The Bertz CT molecular complexity index is 839. The second-order valence-electron chi connectivity index (χ2n) is 5.74. The fraction of sp³-hybridized carbons (Fsp3) is 0.273. The van der Waals surface area contributed by atoms with Crippen molar-refractivity contribution in [3.63, 3.8) is 0 Å². The van der Waals surface area contributed by atoms with E-state index in [0.29, 0.717) is 42.6 Å². The zero-order chi connectivity index (χ0) is 21.1. The Kier molecular flexibility index (Phi) is 9.24. The molecule has 2 aromatic rings. The summed E-state index contributed by atoms with van der Waals surface area (Å²) in [5.41, 5.74) is 3.90. The molecule has 0 aromatic heterocycles. The molecule has 0 saturated carbocycles. The zero-order valence-corrected chi connectivity index (χ0v) is 18.4. The molecular formula is C22H25BrN2O4. The van der Waals surface area contributed by atoms with E-state index in [1.807, 2.05) is 57.2 Å². The quantitative estimate of drug-likeness (QED) is 0.398. The average Bonchev–Trinajstić information content (AvgIpc) is 2.71. The first-order valence-corrected chi connectivity index (χ1v) is 10.2. The van der Waals surface area contributed by atoms with Gasteiger partial charge in [0.15, 0.2) is 11.5 Å². The lowest BCUT2D eigenvalue weighted by Gasteiger charge is -2.16. The van der Waals surface area contributed by atoms with Crippen molar-refractivity contribution in [3.8, 4) is 17.2 Å². The molecule has 154 valence electrons. The molecule has 0 radical (unpaired) electrons. The van der Waals surface area contributed by atoms with Crippen molar-refractivity contribution in [1.82, 2.24) is 5.43 Å². The SMILES string of the molecule is CCOc1cc(C(=O)N/N=C\C(Br)=C\c2ccccc2)cc(OCC)c1OCC. The number of ether oxygens (including phenoxy) is 3. The van der Waals surface area contributed by atoms with Crippen LogP contribution in [0.3, 0.4) is 0 Å². The predicted octanol–water partition coefficient (Wildman–Crippen LogP) is 5.03. The summed E-state index contributed by atoms with van der Waals surface area (Å²) in [7, 11) is 0. The van der Waals surface area contributed by atoms with Crippen LogP contribution in [0.25, 0.3) is 6.08 Å². The number of hydrogen-bond acceptors (Lipinski definition) is 5. The monoisotopic (exact) mass is 460 g/mol. The average molecular weight is 461 g/mol. The van der Waals surface area contributed by atoms with Crippen molar-refractivity contribution >= 4 is 34.1 Å². The first kappa shape index (κ1) is 22.5. The molecule has 1 N–H and O–H groups in total. The van der Waals surface area contributed by atoms with E-state index in [1.54, 1.807) is 12.1 Å². The highest BCUT2D eigenvalue weighted by Gasteiger charge is 2.18. The maximum absolute atomic E-state index is 12.6. The molecule has 6 nitrogen and oxygen atoms in total. The van der Waals surface area contributed by atoms with E-state index in [1.165, 1.54) is 6.21 Å². The molecule has 0 bridgehead atoms. The van der Waals surface area contributed by atoms with Crippen LogP contribution >= 0.6 is 15.9 Å². The fourth-order valence-electron chi connectivity index (χ4n) is 2.48. The van der Waals surface area contributed by atoms with Gasteiger partial charge in [-0.25, -0.2) is 5.43 Å². The maximum atomic E-state index is 12.6. The van der Waals surface area contributed by atoms with Gasteiger partial charge in [0, 0.05) is 10.0 Å². The molecule has 0 aliphatic rings. The molecule has 0 aliphatic carbocycles. The van der Waals surface area contributed by atoms with Gasteiger partial charge in [-0.15, -0.1) is 0 Å². The van der Waals surface area contributed by atoms with Gasteiger partial charge in [0.1, 0.15) is 0 Å². The molecule has 0 aliphatic heterocycles. The van der Waals surface area contributed by atoms with Crippen LogP contribution in [0.4, 0.5) is 0 Å². The maximum Gasteiger partial charge on any atom is 0.271 e. The minimum absolute atomic E-state index is 0.362. The highest BCUT2D eigenvalue weighted by Crippen LogP contribution is 2.39. The van der Waals surface area contributed by atoms with Crippen LogP contribution in [-0.2, 0) is 0 Å². The number of benzene rings is 2. The van der Waals surface area contributed by atoms with E-state index in [9.17, 15) is 4.79 Å². The molecule has 7 heteroatoms. The lowest BCUT2D eigenvalue weighted by molar-refractivity contribution is 0.0954. The van der Waals surface area contributed by atoms with Gasteiger partial charge in [-0.2, -0.15) is 5.10 Å². The Hall–Kier alpha value is -2.80. The van der Waals surface area contributed by atoms with E-state index in [2.05, 4.69) is 26.5 Å². The summed E-state index contributed by atoms with van der Waals surface area (Å²) in [5, 5.41) is 4.00. The number of nitrogens with one attached hydrogen (secondary N) is 1. The topological polar surface area (TPSA) is 69.2 Å². The van der Waals surface area contributed by atoms with Gasteiger partial charge in [-0.1, -0.05) is 30.3 Å². The van der Waals surface area contributed by atoms with Crippen molar-refractivity contribution in [2.45, 2.75) is 20.8 Å². The highest BCUT2D eigenvalue weighted by molar-refractivity contribution is 9.12. The van der Waals surface area contributed by atoms with Gasteiger partial charge >= 0.3 is 0 Å². The van der Waals surface area contributed by atoms with E-state index in [-0.39, 0.29) is 5.91 Å². The fourth-order valence-corrected chi connectivity index (χ4v) is 2.85. The van der Waals surface area contributed by atoms with Crippen molar-refractivity contribution in [2.24, 2.45) is 5.10 Å². The van der Waals surface area contributed by atoms with Gasteiger partial charge in [-0.05, 0) is 60.5 Å². The van der Waals surface area contributed by atoms with E-state index < -0.39 is 0 Å². The number of nitrogens with zero attached hydrogens (tertiary/aromatic N) is 1. The summed E-state index contributed by atoms with van der Waals surface area (Å²) in [4.78, 5) is 12.6. The molecule has 0 spiro atoms. The van der Waals surface area contributed by atoms with Crippen molar-refractivity contribution in [1.29, 1.82) is 0 Å². The number of carbonyl (C=O) groups excluding carboxylic acids is 1. The Morgan fingerprint density at radius 1 is 1.00 bits per heavy atom. The molecule has 0 saturated heterocycles. The molecule has 1 amide bonds. The summed E-state index contributed by atoms with van der Waals surface area (Å²) >= 11 is 3.42. The molecular weight excluding hydrogens is 436 g/mol. The molecule has 0 heterocycles. The van der Waals surface area contributed by atoms with Crippen LogP contribution in [0.5, 0.6) is 17.2 Å². The van der Waals surface area contributed by atoms with Crippen LogP contribution in [-0.4, -0.2) is 31.9 Å². The summed E-state index contributed by atoms with van der Waals surface area (Å²) in [6, 6.07) is 13.0. The summed E-state index contributed by atoms with van der Waals surface area (Å²) < 4.78 is 17.6. The molecule has 2 rings (SSSR count). The van der Waals surface area contributed by atoms with Crippen molar-refractivity contribution < 1.29 is 19.0 Å². The van der Waals surface area contributed by atoms with E-state index in [4.69, 9.17) is 14.2 Å². The van der Waals surface area contributed by atoms with Crippen LogP contribution in [0.1, 0.15) is 36.7 Å².